The first-order valence-electron chi connectivity index (χ1n) is 10.3. The first-order valence-corrected chi connectivity index (χ1v) is 10.3. The summed E-state index contributed by atoms with van der Waals surface area (Å²) in [5.41, 5.74) is 1.40. The van der Waals surface area contributed by atoms with Gasteiger partial charge in [-0.1, -0.05) is 30.3 Å². The summed E-state index contributed by atoms with van der Waals surface area (Å²) in [6, 6.07) is 10.7. The van der Waals surface area contributed by atoms with Gasteiger partial charge in [0.05, 0.1) is 13.0 Å². The molecule has 1 aromatic rings. The number of carbonyl (C=O) groups is 1. The molecular weight excluding hydrogens is 324 g/mol. The lowest BCUT2D eigenvalue weighted by molar-refractivity contribution is -0.133. The highest BCUT2D eigenvalue weighted by molar-refractivity contribution is 5.78. The number of piperidine rings is 1. The van der Waals surface area contributed by atoms with E-state index in [1.54, 1.807) is 0 Å². The molecule has 1 amide bonds. The van der Waals surface area contributed by atoms with Crippen LogP contribution in [0.5, 0.6) is 0 Å². The van der Waals surface area contributed by atoms with Crippen LogP contribution in [-0.2, 0) is 16.0 Å². The smallest absolute Gasteiger partial charge is 0.226 e. The van der Waals surface area contributed by atoms with E-state index in [1.807, 2.05) is 30.3 Å². The molecule has 0 N–H and O–H groups in total. The van der Waals surface area contributed by atoms with Gasteiger partial charge in [-0.25, -0.2) is 0 Å². The molecule has 3 aliphatic rings. The van der Waals surface area contributed by atoms with Gasteiger partial charge in [0.25, 0.3) is 0 Å². The first-order chi connectivity index (χ1) is 12.7. The van der Waals surface area contributed by atoms with Crippen molar-refractivity contribution in [2.24, 2.45) is 5.92 Å². The van der Waals surface area contributed by atoms with Crippen molar-refractivity contribution in [2.45, 2.75) is 56.5 Å². The van der Waals surface area contributed by atoms with Crippen LogP contribution in [-0.4, -0.2) is 60.6 Å². The first kappa shape index (κ1) is 18.0. The summed E-state index contributed by atoms with van der Waals surface area (Å²) in [5.74, 6) is 1.12. The molecule has 0 radical (unpaired) electrons. The number of hydrogen-bond acceptors (Lipinski definition) is 3. The van der Waals surface area contributed by atoms with Crippen LogP contribution in [0.1, 0.15) is 44.1 Å². The fourth-order valence-electron chi connectivity index (χ4n) is 4.70. The molecule has 1 aliphatic carbocycles. The van der Waals surface area contributed by atoms with Gasteiger partial charge in [0.15, 0.2) is 0 Å². The molecule has 4 nitrogen and oxygen atoms in total. The van der Waals surface area contributed by atoms with Gasteiger partial charge in [0.2, 0.25) is 5.91 Å². The standard InChI is InChI=1S/C22H32N2O2/c1-23-20(17-26-16-19-7-8-19)9-10-22(23)11-13-24(14-12-22)21(25)15-18-5-3-2-4-6-18/h2-6,19-20H,7-17H2,1H3/t20-/m0/s1. The minimum atomic E-state index is 0.274. The molecule has 26 heavy (non-hydrogen) atoms. The maximum atomic E-state index is 12.6. The second-order valence-electron chi connectivity index (χ2n) is 8.55. The summed E-state index contributed by atoms with van der Waals surface area (Å²) in [6.45, 7) is 3.63. The number of rotatable bonds is 6. The number of amides is 1. The minimum absolute atomic E-state index is 0.274. The summed E-state index contributed by atoms with van der Waals surface area (Å²) in [4.78, 5) is 17.3. The third-order valence-corrected chi connectivity index (χ3v) is 6.84. The van der Waals surface area contributed by atoms with Crippen molar-refractivity contribution in [3.8, 4) is 0 Å². The molecule has 3 fully saturated rings. The molecule has 142 valence electrons. The van der Waals surface area contributed by atoms with Crippen LogP contribution < -0.4 is 0 Å². The van der Waals surface area contributed by atoms with Crippen molar-refractivity contribution in [3.63, 3.8) is 0 Å². The third-order valence-electron chi connectivity index (χ3n) is 6.84. The van der Waals surface area contributed by atoms with Gasteiger partial charge < -0.3 is 9.64 Å². The van der Waals surface area contributed by atoms with Gasteiger partial charge in [-0.15, -0.1) is 0 Å². The zero-order chi connectivity index (χ0) is 18.0. The van der Waals surface area contributed by atoms with E-state index < -0.39 is 0 Å². The highest BCUT2D eigenvalue weighted by Gasteiger charge is 2.46. The van der Waals surface area contributed by atoms with Crippen LogP contribution in [0.15, 0.2) is 30.3 Å². The number of carbonyl (C=O) groups excluding carboxylic acids is 1. The third kappa shape index (κ3) is 3.96. The second kappa shape index (κ2) is 7.69. The van der Waals surface area contributed by atoms with Crippen LogP contribution in [0.3, 0.4) is 0 Å². The molecule has 4 rings (SSSR count). The predicted octanol–water partition coefficient (Wildman–Crippen LogP) is 3.11. The molecule has 2 aliphatic heterocycles. The van der Waals surface area contributed by atoms with Crippen LogP contribution in [0.2, 0.25) is 0 Å². The van der Waals surface area contributed by atoms with E-state index in [9.17, 15) is 4.79 Å². The lowest BCUT2D eigenvalue weighted by Crippen LogP contribution is -2.54. The topological polar surface area (TPSA) is 32.8 Å². The van der Waals surface area contributed by atoms with Crippen molar-refractivity contribution in [2.75, 3.05) is 33.4 Å². The lowest BCUT2D eigenvalue weighted by atomic mass is 9.85. The molecule has 1 saturated carbocycles. The van der Waals surface area contributed by atoms with Gasteiger partial charge in [-0.05, 0) is 57.1 Å². The summed E-state index contributed by atoms with van der Waals surface area (Å²) in [7, 11) is 2.28. The monoisotopic (exact) mass is 356 g/mol. The maximum Gasteiger partial charge on any atom is 0.226 e. The fourth-order valence-corrected chi connectivity index (χ4v) is 4.70. The number of nitrogens with zero attached hydrogens (tertiary/aromatic N) is 2. The van der Waals surface area contributed by atoms with Crippen molar-refractivity contribution in [1.29, 1.82) is 0 Å². The molecular formula is C22H32N2O2. The molecule has 0 aromatic heterocycles. The fraction of sp³-hybridized carbons (Fsp3) is 0.682. The normalized spacial score (nSPS) is 25.7. The highest BCUT2D eigenvalue weighted by atomic mass is 16.5. The SMILES string of the molecule is CN1[C@H](COCC2CC2)CCC12CCN(C(=O)Cc1ccccc1)CC2. The van der Waals surface area contributed by atoms with E-state index in [2.05, 4.69) is 16.8 Å². The second-order valence-corrected chi connectivity index (χ2v) is 8.55. The van der Waals surface area contributed by atoms with Gasteiger partial charge >= 0.3 is 0 Å². The summed E-state index contributed by atoms with van der Waals surface area (Å²) in [5, 5.41) is 0. The van der Waals surface area contributed by atoms with Gasteiger partial charge in [0.1, 0.15) is 0 Å². The number of hydrogen-bond donors (Lipinski definition) is 0. The Bertz CT molecular complexity index is 606. The van der Waals surface area contributed by atoms with E-state index in [0.717, 1.165) is 50.6 Å². The van der Waals surface area contributed by atoms with E-state index in [1.165, 1.54) is 25.7 Å². The van der Waals surface area contributed by atoms with Crippen molar-refractivity contribution >= 4 is 5.91 Å². The Kier molecular flexibility index (Phi) is 5.32. The summed E-state index contributed by atoms with van der Waals surface area (Å²) < 4.78 is 5.97. The quantitative estimate of drug-likeness (QED) is 0.785. The zero-order valence-corrected chi connectivity index (χ0v) is 16.0. The predicted molar refractivity (Wildman–Crippen MR) is 103 cm³/mol. The molecule has 1 spiro atoms. The van der Waals surface area contributed by atoms with Crippen LogP contribution in [0, 0.1) is 5.92 Å². The van der Waals surface area contributed by atoms with E-state index in [-0.39, 0.29) is 11.4 Å². The van der Waals surface area contributed by atoms with Crippen molar-refractivity contribution in [1.82, 2.24) is 9.80 Å². The van der Waals surface area contributed by atoms with Gasteiger partial charge in [0, 0.05) is 31.3 Å². The average molecular weight is 357 g/mol. The van der Waals surface area contributed by atoms with Crippen molar-refractivity contribution < 1.29 is 9.53 Å². The Morgan fingerprint density at radius 3 is 2.50 bits per heavy atom. The molecule has 1 atom stereocenters. The van der Waals surface area contributed by atoms with Crippen LogP contribution in [0.25, 0.3) is 0 Å². The van der Waals surface area contributed by atoms with E-state index in [0.29, 0.717) is 12.5 Å². The lowest BCUT2D eigenvalue weighted by Gasteiger charge is -2.45. The Morgan fingerprint density at radius 2 is 1.81 bits per heavy atom. The molecule has 4 heteroatoms. The summed E-state index contributed by atoms with van der Waals surface area (Å²) in [6.07, 6.45) is 7.93. The molecule has 2 saturated heterocycles. The van der Waals surface area contributed by atoms with Crippen molar-refractivity contribution in [3.05, 3.63) is 35.9 Å². The average Bonchev–Trinajstić information content (AvgIpc) is 3.44. The Morgan fingerprint density at radius 1 is 1.08 bits per heavy atom. The van der Waals surface area contributed by atoms with Gasteiger partial charge in [-0.3, -0.25) is 9.69 Å². The van der Waals surface area contributed by atoms with Crippen LogP contribution in [0.4, 0.5) is 0 Å². The largest absolute Gasteiger partial charge is 0.380 e. The van der Waals surface area contributed by atoms with Crippen LogP contribution >= 0.6 is 0 Å². The highest BCUT2D eigenvalue weighted by Crippen LogP contribution is 2.41. The molecule has 0 unspecified atom stereocenters. The Labute approximate surface area is 157 Å². The number of likely N-dealkylation sites (N-methyl/N-ethyl adjacent to an activating group) is 1. The summed E-state index contributed by atoms with van der Waals surface area (Å²) >= 11 is 0. The Hall–Kier alpha value is -1.39. The number of ether oxygens (including phenoxy) is 1. The number of likely N-dealkylation sites (tertiary alicyclic amines) is 2. The van der Waals surface area contributed by atoms with E-state index >= 15 is 0 Å². The molecule has 2 heterocycles. The minimum Gasteiger partial charge on any atom is -0.380 e. The maximum absolute atomic E-state index is 12.6. The number of benzene rings is 1. The van der Waals surface area contributed by atoms with Gasteiger partial charge in [-0.2, -0.15) is 0 Å². The zero-order valence-electron chi connectivity index (χ0n) is 16.0. The molecule has 1 aromatic carbocycles. The molecule has 0 bridgehead atoms. The van der Waals surface area contributed by atoms with E-state index in [4.69, 9.17) is 4.74 Å². The Balaban J connectivity index is 1.26.